The molecule has 0 spiro atoms. The van der Waals surface area contributed by atoms with Crippen LogP contribution in [0.5, 0.6) is 0 Å². The minimum atomic E-state index is -4.37. The molecular weight excluding hydrogens is 205 g/mol. The number of anilines is 1. The van der Waals surface area contributed by atoms with Crippen LogP contribution >= 0.6 is 11.8 Å². The molecule has 0 atom stereocenters. The Hall–Kier alpha value is -0.940. The molecular formula is C7H6ClF3N2. The highest BCUT2D eigenvalue weighted by molar-refractivity contribution is 6.24. The summed E-state index contributed by atoms with van der Waals surface area (Å²) in [7, 11) is 0. The first kappa shape index (κ1) is 10.1. The number of alkyl halides is 3. The van der Waals surface area contributed by atoms with E-state index in [2.05, 4.69) is 0 Å². The highest BCUT2D eigenvalue weighted by atomic mass is 35.5. The van der Waals surface area contributed by atoms with E-state index in [1.54, 1.807) is 0 Å². The van der Waals surface area contributed by atoms with Crippen LogP contribution < -0.4 is 10.4 Å². The lowest BCUT2D eigenvalue weighted by molar-refractivity contribution is -0.137. The van der Waals surface area contributed by atoms with Crippen LogP contribution in [0.15, 0.2) is 24.3 Å². The van der Waals surface area contributed by atoms with Crippen molar-refractivity contribution in [2.45, 2.75) is 6.18 Å². The van der Waals surface area contributed by atoms with Crippen molar-refractivity contribution in [3.05, 3.63) is 29.8 Å². The molecule has 0 fully saturated rings. The number of nitrogens with zero attached hydrogens (tertiary/aromatic N) is 1. The van der Waals surface area contributed by atoms with Gasteiger partial charge in [0.2, 0.25) is 0 Å². The van der Waals surface area contributed by atoms with Gasteiger partial charge in [0.05, 0.1) is 11.3 Å². The Balaban J connectivity index is 3.06. The molecule has 0 saturated carbocycles. The van der Waals surface area contributed by atoms with Gasteiger partial charge in [0.1, 0.15) is 0 Å². The van der Waals surface area contributed by atoms with E-state index in [9.17, 15) is 13.2 Å². The Bertz CT molecular complexity index is 298. The Morgan fingerprint density at radius 1 is 1.31 bits per heavy atom. The van der Waals surface area contributed by atoms with Crippen molar-refractivity contribution >= 4 is 17.5 Å². The van der Waals surface area contributed by atoms with Crippen LogP contribution in [0.4, 0.5) is 18.9 Å². The molecule has 13 heavy (non-hydrogen) atoms. The third kappa shape index (κ3) is 2.50. The number of rotatable bonds is 1. The van der Waals surface area contributed by atoms with Gasteiger partial charge >= 0.3 is 6.18 Å². The molecule has 6 heteroatoms. The predicted octanol–water partition coefficient (Wildman–Crippen LogP) is 2.54. The largest absolute Gasteiger partial charge is 0.416 e. The average molecular weight is 211 g/mol. The van der Waals surface area contributed by atoms with Gasteiger partial charge in [-0.05, 0) is 18.2 Å². The maximum atomic E-state index is 12.1. The first-order valence-corrected chi connectivity index (χ1v) is 3.63. The van der Waals surface area contributed by atoms with E-state index >= 15 is 0 Å². The maximum Gasteiger partial charge on any atom is 0.416 e. The van der Waals surface area contributed by atoms with E-state index in [4.69, 9.17) is 17.6 Å². The van der Waals surface area contributed by atoms with Gasteiger partial charge in [-0.1, -0.05) is 6.07 Å². The second-order valence-electron chi connectivity index (χ2n) is 2.36. The van der Waals surface area contributed by atoms with Crippen LogP contribution in [0.2, 0.25) is 0 Å². The number of hydrazine groups is 1. The zero-order chi connectivity index (χ0) is 10.1. The van der Waals surface area contributed by atoms with Crippen LogP contribution in [-0.2, 0) is 6.18 Å². The molecule has 1 aromatic rings. The summed E-state index contributed by atoms with van der Waals surface area (Å²) >= 11 is 5.27. The van der Waals surface area contributed by atoms with Gasteiger partial charge in [-0.2, -0.15) is 13.2 Å². The fourth-order valence-electron chi connectivity index (χ4n) is 0.815. The molecule has 0 aliphatic heterocycles. The third-order valence-electron chi connectivity index (χ3n) is 1.42. The molecule has 1 aromatic carbocycles. The van der Waals surface area contributed by atoms with Crippen molar-refractivity contribution in [1.29, 1.82) is 0 Å². The van der Waals surface area contributed by atoms with E-state index in [0.29, 0.717) is 4.53 Å². The Morgan fingerprint density at radius 2 is 1.92 bits per heavy atom. The number of nitrogens with two attached hydrogens (primary N) is 1. The predicted molar refractivity (Wildman–Crippen MR) is 44.0 cm³/mol. The second-order valence-corrected chi connectivity index (χ2v) is 2.72. The van der Waals surface area contributed by atoms with Crippen molar-refractivity contribution in [2.24, 2.45) is 5.84 Å². The zero-order valence-electron chi connectivity index (χ0n) is 6.35. The second kappa shape index (κ2) is 3.43. The van der Waals surface area contributed by atoms with E-state index in [1.165, 1.54) is 12.1 Å². The van der Waals surface area contributed by atoms with Gasteiger partial charge in [-0.15, -0.1) is 0 Å². The number of halogens is 4. The van der Waals surface area contributed by atoms with Crippen LogP contribution in [0.1, 0.15) is 5.56 Å². The summed E-state index contributed by atoms with van der Waals surface area (Å²) in [5.41, 5.74) is -0.683. The molecule has 0 bridgehead atoms. The normalized spacial score (nSPS) is 11.5. The molecule has 72 valence electrons. The summed E-state index contributed by atoms with van der Waals surface area (Å²) in [5.74, 6) is 5.06. The van der Waals surface area contributed by atoms with Crippen molar-refractivity contribution in [3.8, 4) is 0 Å². The summed E-state index contributed by atoms with van der Waals surface area (Å²) in [4.78, 5) is 0. The SMILES string of the molecule is NN(Cl)c1cccc(C(F)(F)F)c1. The highest BCUT2D eigenvalue weighted by Crippen LogP contribution is 2.31. The molecule has 0 saturated heterocycles. The topological polar surface area (TPSA) is 29.3 Å². The first-order chi connectivity index (χ1) is 5.91. The number of hydrogen-bond acceptors (Lipinski definition) is 2. The van der Waals surface area contributed by atoms with Crippen LogP contribution in [-0.4, -0.2) is 0 Å². The van der Waals surface area contributed by atoms with Crippen LogP contribution in [0.3, 0.4) is 0 Å². The van der Waals surface area contributed by atoms with Gasteiger partial charge in [0, 0.05) is 11.8 Å². The van der Waals surface area contributed by atoms with E-state index in [1.807, 2.05) is 0 Å². The fraction of sp³-hybridized carbons (Fsp3) is 0.143. The molecule has 0 aliphatic rings. The lowest BCUT2D eigenvalue weighted by atomic mass is 10.2. The minimum absolute atomic E-state index is 0.0940. The molecule has 2 N–H and O–H groups in total. The van der Waals surface area contributed by atoms with E-state index in [0.717, 1.165) is 12.1 Å². The molecule has 0 aliphatic carbocycles. The van der Waals surface area contributed by atoms with E-state index in [-0.39, 0.29) is 5.69 Å². The van der Waals surface area contributed by atoms with Gasteiger partial charge in [0.15, 0.2) is 0 Å². The molecule has 0 radical (unpaired) electrons. The quantitative estimate of drug-likeness (QED) is 0.439. The minimum Gasteiger partial charge on any atom is -0.232 e. The molecule has 2 nitrogen and oxygen atoms in total. The Labute approximate surface area is 77.8 Å². The summed E-state index contributed by atoms with van der Waals surface area (Å²) in [6, 6.07) is 4.43. The van der Waals surface area contributed by atoms with Crippen molar-refractivity contribution in [2.75, 3.05) is 4.53 Å². The molecule has 0 heterocycles. The van der Waals surface area contributed by atoms with E-state index < -0.39 is 11.7 Å². The average Bonchev–Trinajstić information content (AvgIpc) is 2.03. The standard InChI is InChI=1S/C7H6ClF3N2/c8-13(12)6-3-1-2-5(4-6)7(9,10)11/h1-4H,12H2. The molecule has 0 amide bonds. The lowest BCUT2D eigenvalue weighted by Crippen LogP contribution is -2.19. The highest BCUT2D eigenvalue weighted by Gasteiger charge is 2.30. The summed E-state index contributed by atoms with van der Waals surface area (Å²) < 4.78 is 37.0. The van der Waals surface area contributed by atoms with Crippen LogP contribution in [0.25, 0.3) is 0 Å². The number of hydrogen-bond donors (Lipinski definition) is 1. The van der Waals surface area contributed by atoms with Crippen molar-refractivity contribution < 1.29 is 13.2 Å². The van der Waals surface area contributed by atoms with Gasteiger partial charge < -0.3 is 0 Å². The van der Waals surface area contributed by atoms with Gasteiger partial charge in [-0.3, -0.25) is 0 Å². The Kier molecular flexibility index (Phi) is 2.68. The van der Waals surface area contributed by atoms with Crippen molar-refractivity contribution in [3.63, 3.8) is 0 Å². The third-order valence-corrected chi connectivity index (χ3v) is 1.62. The van der Waals surface area contributed by atoms with Gasteiger partial charge in [0.25, 0.3) is 0 Å². The lowest BCUT2D eigenvalue weighted by Gasteiger charge is -2.11. The fourth-order valence-corrected chi connectivity index (χ4v) is 0.920. The zero-order valence-corrected chi connectivity index (χ0v) is 7.10. The summed E-state index contributed by atoms with van der Waals surface area (Å²) in [5, 5.41) is 0. The Morgan fingerprint density at radius 3 is 2.38 bits per heavy atom. The summed E-state index contributed by atoms with van der Waals surface area (Å²) in [6.45, 7) is 0. The first-order valence-electron chi connectivity index (χ1n) is 3.29. The molecule has 0 unspecified atom stereocenters. The smallest absolute Gasteiger partial charge is 0.232 e. The van der Waals surface area contributed by atoms with Crippen LogP contribution in [0, 0.1) is 0 Å². The maximum absolute atomic E-state index is 12.1. The van der Waals surface area contributed by atoms with Crippen molar-refractivity contribution in [1.82, 2.24) is 0 Å². The monoisotopic (exact) mass is 210 g/mol. The summed E-state index contributed by atoms with van der Waals surface area (Å²) in [6.07, 6.45) is -4.37. The molecule has 0 aromatic heterocycles. The molecule has 1 rings (SSSR count). The van der Waals surface area contributed by atoms with Gasteiger partial charge in [-0.25, -0.2) is 10.4 Å². The number of benzene rings is 1.